The zero-order chi connectivity index (χ0) is 37.2. The fourth-order valence-electron chi connectivity index (χ4n) is 6.80. The van der Waals surface area contributed by atoms with Gasteiger partial charge in [-0.15, -0.1) is 20.4 Å². The van der Waals surface area contributed by atoms with Crippen LogP contribution in [0.3, 0.4) is 0 Å². The summed E-state index contributed by atoms with van der Waals surface area (Å²) >= 11 is 0. The van der Waals surface area contributed by atoms with E-state index in [2.05, 4.69) is 108 Å². The maximum Gasteiger partial charge on any atom is 0.225 e. The zero-order valence-electron chi connectivity index (χ0n) is 30.7. The Labute approximate surface area is 320 Å². The molecular weight excluding hydrogens is 687 g/mol. The summed E-state index contributed by atoms with van der Waals surface area (Å²) in [5.41, 5.74) is 7.23. The van der Waals surface area contributed by atoms with Gasteiger partial charge in [-0.2, -0.15) is 0 Å². The standard InChI is InChI=1S/C23H21N7.C19H20N6/c1-2-5-19(6-3-1)21-17-20(18-7-11-24-12-8-18)22(28-27-21)29-13-15-30(16-14-29)23-25-9-4-10-26-23;1-15-14-17(16-6-3-2-4-7-16)22-23-18(15)24-10-12-25(13-11-24)19-20-8-5-9-21-19/h1-12,17H,13-16H2;2-9,14H,10-13H2,1H3. The normalized spacial score (nSPS) is 14.3. The summed E-state index contributed by atoms with van der Waals surface area (Å²) in [6, 6.07) is 32.3. The molecule has 13 heteroatoms. The van der Waals surface area contributed by atoms with E-state index in [1.165, 1.54) is 0 Å². The average molecular weight is 728 g/mol. The van der Waals surface area contributed by atoms with Gasteiger partial charge < -0.3 is 19.6 Å². The molecule has 0 amide bonds. The second kappa shape index (κ2) is 16.8. The molecule has 2 saturated heterocycles. The number of aromatic nitrogens is 9. The summed E-state index contributed by atoms with van der Waals surface area (Å²) in [7, 11) is 0. The topological polar surface area (TPSA) is 129 Å². The fourth-order valence-corrected chi connectivity index (χ4v) is 6.80. The van der Waals surface area contributed by atoms with Gasteiger partial charge in [0.1, 0.15) is 0 Å². The molecule has 9 rings (SSSR count). The van der Waals surface area contributed by atoms with E-state index in [0.29, 0.717) is 0 Å². The molecule has 0 N–H and O–H groups in total. The number of nitrogens with zero attached hydrogens (tertiary/aromatic N) is 13. The number of aryl methyl sites for hydroxylation is 1. The predicted octanol–water partition coefficient (Wildman–Crippen LogP) is 5.89. The predicted molar refractivity (Wildman–Crippen MR) is 216 cm³/mol. The van der Waals surface area contributed by atoms with Crippen LogP contribution in [0, 0.1) is 6.92 Å². The van der Waals surface area contributed by atoms with Gasteiger partial charge in [0.05, 0.1) is 11.4 Å². The second-order valence-electron chi connectivity index (χ2n) is 13.2. The molecule has 0 unspecified atom stereocenters. The van der Waals surface area contributed by atoms with E-state index in [1.54, 1.807) is 24.8 Å². The lowest BCUT2D eigenvalue weighted by molar-refractivity contribution is 0.630. The number of hydrogen-bond acceptors (Lipinski definition) is 13. The van der Waals surface area contributed by atoms with E-state index in [9.17, 15) is 0 Å². The minimum atomic E-state index is 0.775. The highest BCUT2D eigenvalue weighted by atomic mass is 15.4. The third-order valence-corrected chi connectivity index (χ3v) is 9.69. The van der Waals surface area contributed by atoms with Gasteiger partial charge >= 0.3 is 0 Å². The number of benzene rings is 2. The first-order valence-corrected chi connectivity index (χ1v) is 18.5. The summed E-state index contributed by atoms with van der Waals surface area (Å²) in [5, 5.41) is 18.1. The molecule has 274 valence electrons. The molecule has 0 aliphatic carbocycles. The van der Waals surface area contributed by atoms with Crippen molar-refractivity contribution in [1.82, 2.24) is 45.3 Å². The molecule has 2 fully saturated rings. The van der Waals surface area contributed by atoms with Crippen LogP contribution in [0.5, 0.6) is 0 Å². The van der Waals surface area contributed by atoms with Crippen molar-refractivity contribution in [2.75, 3.05) is 72.0 Å². The van der Waals surface area contributed by atoms with Crippen LogP contribution in [0.2, 0.25) is 0 Å². The SMILES string of the molecule is Cc1cc(-c2ccccc2)nnc1N1CCN(c2ncccn2)CC1.c1ccc(-c2cc(-c3ccncc3)c(N3CCN(c4ncccn4)CC3)nn2)cc1. The van der Waals surface area contributed by atoms with Crippen molar-refractivity contribution in [2.45, 2.75) is 6.92 Å². The van der Waals surface area contributed by atoms with Gasteiger partial charge in [0.25, 0.3) is 0 Å². The van der Waals surface area contributed by atoms with E-state index >= 15 is 0 Å². The Morgan fingerprint density at radius 1 is 0.400 bits per heavy atom. The van der Waals surface area contributed by atoms with Gasteiger partial charge in [-0.3, -0.25) is 4.98 Å². The molecule has 2 aliphatic heterocycles. The van der Waals surface area contributed by atoms with E-state index < -0.39 is 0 Å². The van der Waals surface area contributed by atoms with Gasteiger partial charge in [0.15, 0.2) is 11.6 Å². The molecule has 0 bridgehead atoms. The van der Waals surface area contributed by atoms with E-state index in [4.69, 9.17) is 0 Å². The Hall–Kier alpha value is -6.89. The lowest BCUT2D eigenvalue weighted by atomic mass is 10.0. The largest absolute Gasteiger partial charge is 0.351 e. The van der Waals surface area contributed by atoms with Crippen LogP contribution >= 0.6 is 0 Å². The highest BCUT2D eigenvalue weighted by molar-refractivity contribution is 5.79. The Morgan fingerprint density at radius 2 is 0.836 bits per heavy atom. The highest BCUT2D eigenvalue weighted by Crippen LogP contribution is 2.32. The summed E-state index contributed by atoms with van der Waals surface area (Å²) < 4.78 is 0. The Kier molecular flexibility index (Phi) is 10.8. The molecule has 2 aromatic carbocycles. The van der Waals surface area contributed by atoms with Crippen molar-refractivity contribution >= 4 is 23.5 Å². The van der Waals surface area contributed by atoms with Gasteiger partial charge in [0.2, 0.25) is 11.9 Å². The maximum absolute atomic E-state index is 4.66. The number of anilines is 4. The molecule has 5 aromatic heterocycles. The molecule has 0 radical (unpaired) electrons. The van der Waals surface area contributed by atoms with Crippen molar-refractivity contribution in [2.24, 2.45) is 0 Å². The van der Waals surface area contributed by atoms with Crippen LogP contribution in [0.4, 0.5) is 23.5 Å². The summed E-state index contributed by atoms with van der Waals surface area (Å²) in [4.78, 5) is 30.6. The van der Waals surface area contributed by atoms with E-state index in [1.807, 2.05) is 73.1 Å². The third-order valence-electron chi connectivity index (χ3n) is 9.69. The summed E-state index contributed by atoms with van der Waals surface area (Å²) in [6.07, 6.45) is 10.8. The van der Waals surface area contributed by atoms with Crippen LogP contribution in [0.1, 0.15) is 5.56 Å². The van der Waals surface area contributed by atoms with E-state index in [-0.39, 0.29) is 0 Å². The summed E-state index contributed by atoms with van der Waals surface area (Å²) in [5.74, 6) is 3.43. The van der Waals surface area contributed by atoms with Crippen molar-refractivity contribution in [3.05, 3.63) is 140 Å². The first kappa shape index (κ1) is 35.2. The molecule has 0 saturated carbocycles. The second-order valence-corrected chi connectivity index (χ2v) is 13.2. The zero-order valence-corrected chi connectivity index (χ0v) is 30.7. The van der Waals surface area contributed by atoms with Crippen molar-refractivity contribution in [1.29, 1.82) is 0 Å². The molecule has 7 aromatic rings. The third kappa shape index (κ3) is 8.36. The Morgan fingerprint density at radius 3 is 1.33 bits per heavy atom. The molecular formula is C42H41N13. The first-order valence-electron chi connectivity index (χ1n) is 18.5. The number of rotatable bonds is 7. The minimum Gasteiger partial charge on any atom is -0.351 e. The molecule has 7 heterocycles. The van der Waals surface area contributed by atoms with Gasteiger partial charge in [-0.1, -0.05) is 60.7 Å². The van der Waals surface area contributed by atoms with Gasteiger partial charge in [0, 0.05) is 106 Å². The minimum absolute atomic E-state index is 0.775. The lowest BCUT2D eigenvalue weighted by Crippen LogP contribution is -2.47. The first-order chi connectivity index (χ1) is 27.2. The van der Waals surface area contributed by atoms with E-state index in [0.717, 1.165) is 115 Å². The van der Waals surface area contributed by atoms with Crippen molar-refractivity contribution in [3.63, 3.8) is 0 Å². The van der Waals surface area contributed by atoms with Crippen LogP contribution < -0.4 is 19.6 Å². The van der Waals surface area contributed by atoms with Gasteiger partial charge in [-0.05, 0) is 54.4 Å². The van der Waals surface area contributed by atoms with Crippen molar-refractivity contribution < 1.29 is 0 Å². The molecule has 0 atom stereocenters. The van der Waals surface area contributed by atoms with Gasteiger partial charge in [-0.25, -0.2) is 19.9 Å². The molecule has 0 spiro atoms. The number of piperazine rings is 2. The molecule has 13 nitrogen and oxygen atoms in total. The Balaban J connectivity index is 0.000000158. The highest BCUT2D eigenvalue weighted by Gasteiger charge is 2.24. The Bertz CT molecular complexity index is 2250. The van der Waals surface area contributed by atoms with Crippen LogP contribution in [0.15, 0.2) is 134 Å². The quantitative estimate of drug-likeness (QED) is 0.194. The van der Waals surface area contributed by atoms with Crippen molar-refractivity contribution in [3.8, 4) is 33.6 Å². The van der Waals surface area contributed by atoms with Crippen LogP contribution in [0.25, 0.3) is 33.6 Å². The molecule has 2 aliphatic rings. The fraction of sp³-hybridized carbons (Fsp3) is 0.214. The van der Waals surface area contributed by atoms with Crippen LogP contribution in [-0.2, 0) is 0 Å². The number of hydrogen-bond donors (Lipinski definition) is 0. The lowest BCUT2D eigenvalue weighted by Gasteiger charge is -2.36. The number of pyridine rings is 1. The summed E-state index contributed by atoms with van der Waals surface area (Å²) in [6.45, 7) is 8.96. The smallest absolute Gasteiger partial charge is 0.225 e. The molecule has 55 heavy (non-hydrogen) atoms. The average Bonchev–Trinajstić information content (AvgIpc) is 3.28. The van der Waals surface area contributed by atoms with Crippen LogP contribution in [-0.4, -0.2) is 97.7 Å². The maximum atomic E-state index is 4.66. The monoisotopic (exact) mass is 727 g/mol.